The van der Waals surface area contributed by atoms with Gasteiger partial charge in [0, 0.05) is 33.2 Å². The number of thiophene rings is 1. The van der Waals surface area contributed by atoms with Crippen molar-refractivity contribution in [3.8, 4) is 0 Å². The highest BCUT2D eigenvalue weighted by atomic mass is 32.1. The zero-order valence-corrected chi connectivity index (χ0v) is 28.2. The predicted molar refractivity (Wildman–Crippen MR) is 181 cm³/mol. The molecule has 2 heterocycles. The number of aryl methyl sites for hydroxylation is 1. The molecule has 1 aliphatic heterocycles. The lowest BCUT2D eigenvalue weighted by Gasteiger charge is -2.71. The molecule has 3 saturated carbocycles. The molecule has 240 valence electrons. The number of fused-ring (bicyclic) bond motifs is 1. The number of benzene rings is 1. The van der Waals surface area contributed by atoms with Crippen molar-refractivity contribution in [2.75, 3.05) is 19.6 Å². The van der Waals surface area contributed by atoms with Crippen molar-refractivity contribution in [2.45, 2.75) is 96.7 Å². The molecule has 0 radical (unpaired) electrons. The maximum absolute atomic E-state index is 14.6. The number of carbonyl (C=O) groups excluding carboxylic acids is 1. The summed E-state index contributed by atoms with van der Waals surface area (Å²) in [5.74, 6) is 1.47. The van der Waals surface area contributed by atoms with E-state index in [1.807, 2.05) is 6.07 Å². The van der Waals surface area contributed by atoms with Gasteiger partial charge in [0.25, 0.3) is 0 Å². The van der Waals surface area contributed by atoms with Crippen molar-refractivity contribution in [1.82, 2.24) is 4.90 Å². The number of carbonyl (C=O) groups is 1. The maximum Gasteiger partial charge on any atom is 0.199 e. The Labute approximate surface area is 273 Å². The second-order valence-electron chi connectivity index (χ2n) is 16.5. The molecule has 9 rings (SSSR count). The Bertz CT molecular complexity index is 1540. The lowest BCUT2D eigenvalue weighted by Crippen LogP contribution is -2.67. The largest absolute Gasteiger partial charge is 0.393 e. The van der Waals surface area contributed by atoms with Gasteiger partial charge in [-0.1, -0.05) is 62.4 Å². The van der Waals surface area contributed by atoms with Crippen LogP contribution in [0.4, 0.5) is 0 Å². The topological polar surface area (TPSA) is 60.8 Å². The Morgan fingerprint density at radius 3 is 2.36 bits per heavy atom. The average molecular weight is 626 g/mol. The van der Waals surface area contributed by atoms with Crippen LogP contribution in [0.25, 0.3) is 0 Å². The van der Waals surface area contributed by atoms with Gasteiger partial charge in [-0.3, -0.25) is 4.79 Å². The van der Waals surface area contributed by atoms with Crippen LogP contribution in [0.2, 0.25) is 0 Å². The molecule has 5 heteroatoms. The quantitative estimate of drug-likeness (QED) is 0.254. The SMILES string of the molecule is Cc1ccc(C(=O)C2=CC34C=CC25C(CCC2(C)C5CCC2(O)CN2CCC(Cc5ccccc5)CC2)C3(C)CCC(O)C4)s1. The van der Waals surface area contributed by atoms with E-state index in [9.17, 15) is 15.0 Å². The number of rotatable bonds is 6. The molecule has 2 spiro atoms. The molecule has 6 aliphatic carbocycles. The number of nitrogens with zero attached hydrogens (tertiary/aromatic N) is 1. The van der Waals surface area contributed by atoms with Crippen LogP contribution in [0.5, 0.6) is 0 Å². The number of hydrogen-bond acceptors (Lipinski definition) is 5. The van der Waals surface area contributed by atoms with Crippen molar-refractivity contribution in [3.63, 3.8) is 0 Å². The molecule has 8 unspecified atom stereocenters. The van der Waals surface area contributed by atoms with E-state index in [0.29, 0.717) is 18.3 Å². The van der Waals surface area contributed by atoms with Gasteiger partial charge in [-0.15, -0.1) is 11.3 Å². The van der Waals surface area contributed by atoms with Gasteiger partial charge >= 0.3 is 0 Å². The van der Waals surface area contributed by atoms with E-state index in [-0.39, 0.29) is 39.5 Å². The van der Waals surface area contributed by atoms with E-state index in [1.165, 1.54) is 18.4 Å². The molecule has 2 aromatic rings. The Morgan fingerprint density at radius 1 is 0.911 bits per heavy atom. The minimum Gasteiger partial charge on any atom is -0.393 e. The normalized spacial score (nSPS) is 42.6. The van der Waals surface area contributed by atoms with Gasteiger partial charge in [-0.2, -0.15) is 0 Å². The van der Waals surface area contributed by atoms with Crippen LogP contribution >= 0.6 is 11.3 Å². The molecule has 1 aromatic heterocycles. The van der Waals surface area contributed by atoms with Crippen LogP contribution < -0.4 is 0 Å². The van der Waals surface area contributed by atoms with Crippen molar-refractivity contribution in [3.05, 3.63) is 81.6 Å². The van der Waals surface area contributed by atoms with E-state index in [2.05, 4.69) is 80.3 Å². The Hall–Kier alpha value is -2.05. The average Bonchev–Trinajstić information content (AvgIpc) is 3.58. The molecule has 7 aliphatic rings. The molecule has 8 atom stereocenters. The van der Waals surface area contributed by atoms with E-state index in [0.717, 1.165) is 79.9 Å². The number of β-amino-alcohol motifs (C(OH)–C–C–N with tert-alkyl or cyclic N) is 1. The number of hydrogen-bond donors (Lipinski definition) is 2. The fraction of sp³-hybridized carbons (Fsp3) is 0.625. The van der Waals surface area contributed by atoms with Crippen LogP contribution in [0.15, 0.2) is 66.3 Å². The zero-order valence-electron chi connectivity index (χ0n) is 27.4. The molecule has 2 N–H and O–H groups in total. The van der Waals surface area contributed by atoms with Crippen molar-refractivity contribution < 1.29 is 15.0 Å². The molecule has 4 nitrogen and oxygen atoms in total. The van der Waals surface area contributed by atoms with Gasteiger partial charge in [0.15, 0.2) is 5.78 Å². The molecular weight excluding hydrogens is 575 g/mol. The summed E-state index contributed by atoms with van der Waals surface area (Å²) in [6, 6.07) is 15.0. The van der Waals surface area contributed by atoms with Crippen LogP contribution in [-0.2, 0) is 6.42 Å². The Morgan fingerprint density at radius 2 is 1.62 bits per heavy atom. The molecular formula is C40H51NO3S. The number of Topliss-reactive ketones (excluding diaryl/α,β-unsaturated/α-hetero) is 1. The zero-order chi connectivity index (χ0) is 31.2. The van der Waals surface area contributed by atoms with E-state index in [4.69, 9.17) is 0 Å². The maximum atomic E-state index is 14.6. The second kappa shape index (κ2) is 10.5. The summed E-state index contributed by atoms with van der Waals surface area (Å²) in [4.78, 5) is 19.2. The Balaban J connectivity index is 1.11. The summed E-state index contributed by atoms with van der Waals surface area (Å²) in [6.45, 7) is 9.78. The summed E-state index contributed by atoms with van der Waals surface area (Å²) in [7, 11) is 0. The predicted octanol–water partition coefficient (Wildman–Crippen LogP) is 7.79. The molecule has 0 amide bonds. The molecule has 4 fully saturated rings. The summed E-state index contributed by atoms with van der Waals surface area (Å²) >= 11 is 1.61. The molecule has 1 saturated heterocycles. The smallest absolute Gasteiger partial charge is 0.199 e. The van der Waals surface area contributed by atoms with Crippen molar-refractivity contribution in [2.24, 2.45) is 39.4 Å². The van der Waals surface area contributed by atoms with Crippen LogP contribution in [-0.4, -0.2) is 52.2 Å². The van der Waals surface area contributed by atoms with Gasteiger partial charge in [-0.25, -0.2) is 0 Å². The number of ketones is 1. The summed E-state index contributed by atoms with van der Waals surface area (Å²) < 4.78 is 0. The van der Waals surface area contributed by atoms with Crippen molar-refractivity contribution >= 4 is 17.1 Å². The Kier molecular flexibility index (Phi) is 7.05. The number of likely N-dealkylation sites (tertiary alicyclic amines) is 1. The minimum atomic E-state index is -0.763. The van der Waals surface area contributed by atoms with E-state index < -0.39 is 5.60 Å². The molecule has 2 bridgehead atoms. The summed E-state index contributed by atoms with van der Waals surface area (Å²) in [5, 5.41) is 23.7. The third-order valence-electron chi connectivity index (χ3n) is 14.5. The third-order valence-corrected chi connectivity index (χ3v) is 15.5. The first-order chi connectivity index (χ1) is 21.5. The summed E-state index contributed by atoms with van der Waals surface area (Å²) in [5.41, 5.74) is 0.757. The minimum absolute atomic E-state index is 0.0127. The van der Waals surface area contributed by atoms with E-state index >= 15 is 0 Å². The standard InChI is InChI=1S/C40H51NO3S/c1-27-9-10-32(45-27)35(43)31-25-38-19-20-40(31)33(36(38,2)16-11-30(42)24-38)12-17-37(3)34(40)13-18-39(37,44)26-41-21-14-29(15-22-41)23-28-7-5-4-6-8-28/h4-10,19-20,25,29-30,33-34,42,44H,11-18,21-24,26H2,1-3H3. The lowest BCUT2D eigenvalue weighted by molar-refractivity contribution is -0.176. The highest BCUT2D eigenvalue weighted by Crippen LogP contribution is 2.78. The fourth-order valence-corrected chi connectivity index (χ4v) is 12.8. The van der Waals surface area contributed by atoms with Gasteiger partial charge in [0.2, 0.25) is 0 Å². The number of piperidine rings is 1. The number of aliphatic hydroxyl groups is 2. The first-order valence-electron chi connectivity index (χ1n) is 17.7. The second-order valence-corrected chi connectivity index (χ2v) is 17.7. The van der Waals surface area contributed by atoms with Gasteiger partial charge in [-0.05, 0) is 125 Å². The number of aliphatic hydroxyl groups excluding tert-OH is 1. The molecule has 1 aromatic carbocycles. The molecule has 45 heavy (non-hydrogen) atoms. The third kappa shape index (κ3) is 4.29. The number of allylic oxidation sites excluding steroid dienone is 4. The van der Waals surface area contributed by atoms with Gasteiger partial charge in [0.1, 0.15) is 0 Å². The lowest BCUT2D eigenvalue weighted by atomic mass is 9.32. The first-order valence-corrected chi connectivity index (χ1v) is 18.6. The highest BCUT2D eigenvalue weighted by Gasteiger charge is 2.74. The highest BCUT2D eigenvalue weighted by molar-refractivity contribution is 7.14. The van der Waals surface area contributed by atoms with Gasteiger partial charge in [0.05, 0.1) is 16.6 Å². The van der Waals surface area contributed by atoms with E-state index in [1.54, 1.807) is 11.3 Å². The summed E-state index contributed by atoms with van der Waals surface area (Å²) in [6.07, 6.45) is 16.8. The van der Waals surface area contributed by atoms with Crippen LogP contribution in [0.1, 0.15) is 91.7 Å². The van der Waals surface area contributed by atoms with Crippen molar-refractivity contribution in [1.29, 1.82) is 0 Å². The monoisotopic (exact) mass is 625 g/mol. The van der Waals surface area contributed by atoms with Crippen LogP contribution in [0.3, 0.4) is 0 Å². The van der Waals surface area contributed by atoms with Crippen LogP contribution in [0, 0.1) is 46.3 Å². The van der Waals surface area contributed by atoms with Gasteiger partial charge < -0.3 is 15.1 Å². The first kappa shape index (κ1) is 30.3. The fourth-order valence-electron chi connectivity index (χ4n) is 12.0.